The largest absolute Gasteiger partial charge is 0.400 e. The van der Waals surface area contributed by atoms with E-state index in [9.17, 15) is 4.39 Å². The van der Waals surface area contributed by atoms with Gasteiger partial charge < -0.3 is 14.7 Å². The molecule has 0 bridgehead atoms. The highest BCUT2D eigenvalue weighted by molar-refractivity contribution is 6.30. The number of ether oxygens (including phenoxy) is 1. The van der Waals surface area contributed by atoms with Gasteiger partial charge in [0.25, 0.3) is 0 Å². The molecule has 0 atom stereocenters. The predicted molar refractivity (Wildman–Crippen MR) is 129 cm³/mol. The van der Waals surface area contributed by atoms with Crippen LogP contribution in [0, 0.1) is 19.7 Å². The van der Waals surface area contributed by atoms with E-state index in [2.05, 4.69) is 25.0 Å². The Morgan fingerprint density at radius 3 is 2.32 bits per heavy atom. The molecule has 1 saturated heterocycles. The second-order valence-corrected chi connectivity index (χ2v) is 7.78. The summed E-state index contributed by atoms with van der Waals surface area (Å²) >= 11 is 5.90. The zero-order valence-electron chi connectivity index (χ0n) is 19.5. The number of aromatic nitrogens is 6. The molecule has 11 heteroatoms. The molecule has 0 spiro atoms. The molecule has 0 radical (unpaired) electrons. The number of nitrogens with zero attached hydrogens (tertiary/aromatic N) is 7. The molecule has 1 aliphatic rings. The van der Waals surface area contributed by atoms with Crippen LogP contribution >= 0.6 is 11.6 Å². The van der Waals surface area contributed by atoms with Crippen LogP contribution in [-0.4, -0.2) is 68.2 Å². The van der Waals surface area contributed by atoms with E-state index in [0.717, 1.165) is 18.5 Å². The molecule has 34 heavy (non-hydrogen) atoms. The summed E-state index contributed by atoms with van der Waals surface area (Å²) in [6.45, 7) is 6.29. The van der Waals surface area contributed by atoms with Crippen molar-refractivity contribution in [2.75, 3.05) is 38.3 Å². The Hall–Kier alpha value is -3.21. The fraction of sp³-hybridized carbons (Fsp3) is 0.348. The molecule has 0 amide bonds. The molecular weight excluding hydrogens is 461 g/mol. The third-order valence-electron chi connectivity index (χ3n) is 5.05. The number of aryl methyl sites for hydroxylation is 3. The average molecular weight is 488 g/mol. The number of anilines is 1. The Morgan fingerprint density at radius 2 is 1.74 bits per heavy atom. The van der Waals surface area contributed by atoms with E-state index in [-0.39, 0.29) is 0 Å². The first-order valence-electron chi connectivity index (χ1n) is 10.6. The molecule has 4 aromatic rings. The van der Waals surface area contributed by atoms with Crippen LogP contribution in [0.5, 0.6) is 0 Å². The molecule has 5 rings (SSSR count). The first-order chi connectivity index (χ1) is 16.4. The summed E-state index contributed by atoms with van der Waals surface area (Å²) in [5, 5.41) is 11.2. The van der Waals surface area contributed by atoms with Crippen molar-refractivity contribution in [1.82, 2.24) is 29.7 Å². The Labute approximate surface area is 202 Å². The van der Waals surface area contributed by atoms with Crippen molar-refractivity contribution in [2.24, 2.45) is 7.05 Å². The summed E-state index contributed by atoms with van der Waals surface area (Å²) in [6.07, 6.45) is 3.64. The number of hydrogen-bond donors (Lipinski definition) is 1. The average Bonchev–Trinajstić information content (AvgIpc) is 3.33. The summed E-state index contributed by atoms with van der Waals surface area (Å²) in [7, 11) is 2.89. The molecule has 180 valence electrons. The molecule has 1 N–H and O–H groups in total. The number of aliphatic hydroxyl groups is 1. The van der Waals surface area contributed by atoms with Gasteiger partial charge in [0.2, 0.25) is 5.95 Å². The first-order valence-corrected chi connectivity index (χ1v) is 11.0. The van der Waals surface area contributed by atoms with E-state index >= 15 is 0 Å². The van der Waals surface area contributed by atoms with Crippen LogP contribution in [0.3, 0.4) is 0 Å². The molecule has 0 saturated carbocycles. The van der Waals surface area contributed by atoms with E-state index in [1.54, 1.807) is 23.0 Å². The lowest BCUT2D eigenvalue weighted by Gasteiger charge is -2.27. The van der Waals surface area contributed by atoms with Gasteiger partial charge in [-0.25, -0.2) is 19.3 Å². The lowest BCUT2D eigenvalue weighted by molar-refractivity contribution is 0.122. The van der Waals surface area contributed by atoms with Gasteiger partial charge in [-0.3, -0.25) is 4.68 Å². The number of hydrogen-bond acceptors (Lipinski definition) is 8. The zero-order valence-corrected chi connectivity index (χ0v) is 20.3. The van der Waals surface area contributed by atoms with Gasteiger partial charge in [0, 0.05) is 50.2 Å². The molecule has 1 aliphatic heterocycles. The van der Waals surface area contributed by atoms with Crippen LogP contribution in [-0.2, 0) is 11.8 Å². The second-order valence-electron chi connectivity index (χ2n) is 7.34. The molecule has 3 aromatic heterocycles. The van der Waals surface area contributed by atoms with E-state index in [1.807, 2.05) is 38.1 Å². The fourth-order valence-electron chi connectivity index (χ4n) is 3.22. The standard InChI is InChI=1S/C18H17ClFN5O.C4H6N2.CH4O/c1-10-11(2)22-17-16(21-10)15(13-4-3-12(19)9-14(13)20)23-18(24-17)25-5-7-26-8-6-25;1-6-4-2-3-5-6;1-2/h3-4,9H,5-8H2,1-2H3;2-4H,1H3;2H,1H3. The molecule has 0 unspecified atom stereocenters. The van der Waals surface area contributed by atoms with E-state index in [1.165, 1.54) is 6.07 Å². The maximum atomic E-state index is 14.6. The number of morpholine rings is 1. The molecular formula is C23H27ClFN7O2. The van der Waals surface area contributed by atoms with Crippen molar-refractivity contribution in [3.8, 4) is 11.3 Å². The van der Waals surface area contributed by atoms with Gasteiger partial charge >= 0.3 is 0 Å². The SMILES string of the molecule is CO.Cc1nc2nc(N3CCOCC3)nc(-c3ccc(Cl)cc3F)c2nc1C.Cn1cccn1. The van der Waals surface area contributed by atoms with Crippen molar-refractivity contribution in [1.29, 1.82) is 0 Å². The number of halogens is 2. The lowest BCUT2D eigenvalue weighted by Crippen LogP contribution is -2.37. The van der Waals surface area contributed by atoms with Crippen molar-refractivity contribution < 1.29 is 14.2 Å². The van der Waals surface area contributed by atoms with Gasteiger partial charge in [-0.05, 0) is 38.1 Å². The molecule has 1 aromatic carbocycles. The Bertz CT molecular complexity index is 1230. The van der Waals surface area contributed by atoms with Crippen LogP contribution in [0.1, 0.15) is 11.4 Å². The number of rotatable bonds is 2. The molecule has 0 aliphatic carbocycles. The number of aliphatic hydroxyl groups excluding tert-OH is 1. The predicted octanol–water partition coefficient (Wildman–Crippen LogP) is 3.36. The minimum absolute atomic E-state index is 0.328. The Kier molecular flexibility index (Phi) is 8.80. The fourth-order valence-corrected chi connectivity index (χ4v) is 3.38. The van der Waals surface area contributed by atoms with E-state index < -0.39 is 5.82 Å². The summed E-state index contributed by atoms with van der Waals surface area (Å²) in [5.41, 5.74) is 3.22. The summed E-state index contributed by atoms with van der Waals surface area (Å²) in [6, 6.07) is 6.41. The summed E-state index contributed by atoms with van der Waals surface area (Å²) in [4.78, 5) is 20.3. The van der Waals surface area contributed by atoms with Crippen LogP contribution in [0.4, 0.5) is 10.3 Å². The maximum absolute atomic E-state index is 14.6. The molecule has 1 fully saturated rings. The quantitative estimate of drug-likeness (QED) is 0.459. The van der Waals surface area contributed by atoms with Crippen LogP contribution in [0.15, 0.2) is 36.7 Å². The second kappa shape index (κ2) is 11.8. The van der Waals surface area contributed by atoms with Crippen LogP contribution < -0.4 is 4.90 Å². The highest BCUT2D eigenvalue weighted by Crippen LogP contribution is 2.30. The molecule has 4 heterocycles. The van der Waals surface area contributed by atoms with Crippen LogP contribution in [0.25, 0.3) is 22.4 Å². The Balaban J connectivity index is 0.000000348. The number of fused-ring (bicyclic) bond motifs is 1. The Morgan fingerprint density at radius 1 is 1.03 bits per heavy atom. The van der Waals surface area contributed by atoms with E-state index in [0.29, 0.717) is 59.7 Å². The lowest BCUT2D eigenvalue weighted by atomic mass is 10.1. The third kappa shape index (κ3) is 6.02. The number of benzene rings is 1. The monoisotopic (exact) mass is 487 g/mol. The van der Waals surface area contributed by atoms with Gasteiger partial charge in [0.05, 0.1) is 24.6 Å². The minimum Gasteiger partial charge on any atom is -0.400 e. The third-order valence-corrected chi connectivity index (χ3v) is 5.28. The smallest absolute Gasteiger partial charge is 0.228 e. The van der Waals surface area contributed by atoms with Crippen molar-refractivity contribution >= 4 is 28.7 Å². The van der Waals surface area contributed by atoms with Crippen LogP contribution in [0.2, 0.25) is 5.02 Å². The summed E-state index contributed by atoms with van der Waals surface area (Å²) < 4.78 is 21.7. The highest BCUT2D eigenvalue weighted by atomic mass is 35.5. The van der Waals surface area contributed by atoms with E-state index in [4.69, 9.17) is 21.4 Å². The van der Waals surface area contributed by atoms with Gasteiger partial charge in [0.15, 0.2) is 5.65 Å². The van der Waals surface area contributed by atoms with Crippen molar-refractivity contribution in [3.05, 3.63) is 58.9 Å². The van der Waals surface area contributed by atoms with Gasteiger partial charge in [-0.15, -0.1) is 0 Å². The normalized spacial score (nSPS) is 13.1. The summed E-state index contributed by atoms with van der Waals surface area (Å²) in [5.74, 6) is 0.0492. The molecule has 9 nitrogen and oxygen atoms in total. The zero-order chi connectivity index (χ0) is 24.7. The topological polar surface area (TPSA) is 102 Å². The maximum Gasteiger partial charge on any atom is 0.228 e. The minimum atomic E-state index is -0.453. The van der Waals surface area contributed by atoms with Crippen molar-refractivity contribution in [3.63, 3.8) is 0 Å². The first kappa shape index (κ1) is 25.4. The highest BCUT2D eigenvalue weighted by Gasteiger charge is 2.21. The van der Waals surface area contributed by atoms with Gasteiger partial charge in [-0.2, -0.15) is 10.1 Å². The van der Waals surface area contributed by atoms with Gasteiger partial charge in [0.1, 0.15) is 17.0 Å². The van der Waals surface area contributed by atoms with Gasteiger partial charge in [-0.1, -0.05) is 11.6 Å². The van der Waals surface area contributed by atoms with Crippen molar-refractivity contribution in [2.45, 2.75) is 13.8 Å².